The lowest BCUT2D eigenvalue weighted by Gasteiger charge is -2.11. The third-order valence-electron chi connectivity index (χ3n) is 4.75. The maximum absolute atomic E-state index is 12.4. The summed E-state index contributed by atoms with van der Waals surface area (Å²) < 4.78 is 30.7. The quantitative estimate of drug-likeness (QED) is 0.260. The highest BCUT2D eigenvalue weighted by molar-refractivity contribution is 6.00. The number of carbonyl (C=O) groups excluding carboxylic acids is 1. The van der Waals surface area contributed by atoms with Gasteiger partial charge in [-0.05, 0) is 17.7 Å². The Morgan fingerprint density at radius 3 is 2.44 bits per heavy atom. The molecule has 0 saturated carbocycles. The largest absolute Gasteiger partial charge is 0.419 e. The predicted octanol–water partition coefficient (Wildman–Crippen LogP) is 4.01. The van der Waals surface area contributed by atoms with Gasteiger partial charge in [-0.1, -0.05) is 30.3 Å². The van der Waals surface area contributed by atoms with Gasteiger partial charge >= 0.3 is 12.5 Å². The summed E-state index contributed by atoms with van der Waals surface area (Å²) in [6, 6.07) is 12.7. The summed E-state index contributed by atoms with van der Waals surface area (Å²) in [4.78, 5) is 24.9. The van der Waals surface area contributed by atoms with Gasteiger partial charge in [0, 0.05) is 30.7 Å². The molecule has 1 amide bonds. The molecule has 0 bridgehead atoms. The molecule has 0 radical (unpaired) electrons. The molecule has 34 heavy (non-hydrogen) atoms. The molecule has 0 fully saturated rings. The summed E-state index contributed by atoms with van der Waals surface area (Å²) in [6.45, 7) is 0. The highest BCUT2D eigenvalue weighted by Gasteiger charge is 2.17. The van der Waals surface area contributed by atoms with Crippen molar-refractivity contribution in [3.63, 3.8) is 0 Å². The lowest BCUT2D eigenvalue weighted by molar-refractivity contribution is 0.197. The molecule has 4 N–H and O–H groups in total. The second-order valence-corrected chi connectivity index (χ2v) is 6.94. The Morgan fingerprint density at radius 2 is 1.79 bits per heavy atom. The van der Waals surface area contributed by atoms with Crippen LogP contribution in [0.5, 0.6) is 0 Å². The third-order valence-corrected chi connectivity index (χ3v) is 4.75. The highest BCUT2D eigenvalue weighted by Crippen LogP contribution is 2.32. The predicted molar refractivity (Wildman–Crippen MR) is 122 cm³/mol. The van der Waals surface area contributed by atoms with E-state index in [9.17, 15) is 13.6 Å². The van der Waals surface area contributed by atoms with Gasteiger partial charge in [0.25, 0.3) is 5.90 Å². The van der Waals surface area contributed by atoms with Gasteiger partial charge in [-0.15, -0.1) is 0 Å². The number of carbonyl (C=O) groups is 1. The summed E-state index contributed by atoms with van der Waals surface area (Å²) in [5, 5.41) is 20.3. The first-order valence-electron chi connectivity index (χ1n) is 9.88. The van der Waals surface area contributed by atoms with Crippen LogP contribution in [0.2, 0.25) is 0 Å². The van der Waals surface area contributed by atoms with Crippen LogP contribution < -0.4 is 10.6 Å². The molecular formula is C22H18F2N8O2. The van der Waals surface area contributed by atoms with Gasteiger partial charge in [0.15, 0.2) is 0 Å². The van der Waals surface area contributed by atoms with Crippen LogP contribution in [0.3, 0.4) is 0 Å². The standard InChI is InChI=1S/C22H18F2N8O2/c1-27-22(33)32-11-30-17-15(12-5-3-2-4-6-12)7-14(8-16(17)32)31-21-28-9-13(10-29-21)19(25)34-20(26)18(23)24/h2-11,18,25-26H,1H3,(H,27,33)(H,28,29,31). The Bertz CT molecular complexity index is 1370. The van der Waals surface area contributed by atoms with E-state index >= 15 is 0 Å². The smallest absolute Gasteiger partial charge is 0.327 e. The zero-order valence-corrected chi connectivity index (χ0v) is 17.7. The van der Waals surface area contributed by atoms with Crippen molar-refractivity contribution in [2.75, 3.05) is 12.4 Å². The number of alkyl halides is 2. The van der Waals surface area contributed by atoms with Crippen LogP contribution >= 0.6 is 0 Å². The minimum absolute atomic E-state index is 0.0223. The molecule has 172 valence electrons. The molecule has 10 nitrogen and oxygen atoms in total. The minimum Gasteiger partial charge on any atom is -0.419 e. The Hall–Kier alpha value is -4.74. The van der Waals surface area contributed by atoms with E-state index < -0.39 is 18.2 Å². The van der Waals surface area contributed by atoms with Crippen LogP contribution in [0.1, 0.15) is 5.56 Å². The van der Waals surface area contributed by atoms with E-state index in [0.29, 0.717) is 16.7 Å². The summed E-state index contributed by atoms with van der Waals surface area (Å²) in [5.74, 6) is -1.84. The molecule has 4 aromatic rings. The number of nitrogens with one attached hydrogen (secondary N) is 4. The third kappa shape index (κ3) is 4.55. The molecule has 4 rings (SSSR count). The van der Waals surface area contributed by atoms with Crippen molar-refractivity contribution in [3.8, 4) is 11.1 Å². The molecule has 12 heteroatoms. The number of ether oxygens (including phenoxy) is 1. The van der Waals surface area contributed by atoms with Crippen molar-refractivity contribution in [2.24, 2.45) is 0 Å². The number of imidazole rings is 1. The first-order chi connectivity index (χ1) is 16.4. The molecule has 2 aromatic carbocycles. The van der Waals surface area contributed by atoms with Crippen LogP contribution in [0, 0.1) is 10.8 Å². The first kappa shape index (κ1) is 22.5. The molecule has 0 aliphatic heterocycles. The number of rotatable bonds is 5. The van der Waals surface area contributed by atoms with Crippen molar-refractivity contribution < 1.29 is 18.3 Å². The molecule has 2 heterocycles. The lowest BCUT2D eigenvalue weighted by atomic mass is 10.0. The average molecular weight is 464 g/mol. The Morgan fingerprint density at radius 1 is 1.09 bits per heavy atom. The fraction of sp³-hybridized carbons (Fsp3) is 0.0909. The van der Waals surface area contributed by atoms with E-state index in [2.05, 4.69) is 30.3 Å². The summed E-state index contributed by atoms with van der Waals surface area (Å²) in [7, 11) is 1.52. The SMILES string of the molecule is CNC(=O)n1cnc2c(-c3ccccc3)cc(Nc3ncc(C(=N)OC(=N)C(F)F)cn3)cc21. The van der Waals surface area contributed by atoms with E-state index in [0.717, 1.165) is 11.1 Å². The van der Waals surface area contributed by atoms with Crippen molar-refractivity contribution in [3.05, 3.63) is 66.7 Å². The van der Waals surface area contributed by atoms with E-state index in [1.807, 2.05) is 36.4 Å². The molecule has 0 saturated heterocycles. The Balaban J connectivity index is 1.67. The fourth-order valence-corrected chi connectivity index (χ4v) is 3.16. The maximum atomic E-state index is 12.4. The van der Waals surface area contributed by atoms with Gasteiger partial charge in [-0.25, -0.2) is 19.7 Å². The molecule has 0 aliphatic carbocycles. The van der Waals surface area contributed by atoms with Crippen LogP contribution in [0.15, 0.2) is 61.2 Å². The van der Waals surface area contributed by atoms with Gasteiger partial charge in [0.2, 0.25) is 11.8 Å². The summed E-state index contributed by atoms with van der Waals surface area (Å²) >= 11 is 0. The lowest BCUT2D eigenvalue weighted by Crippen LogP contribution is -2.23. The van der Waals surface area contributed by atoms with E-state index in [4.69, 9.17) is 10.8 Å². The van der Waals surface area contributed by atoms with Gasteiger partial charge in [0.1, 0.15) is 6.33 Å². The van der Waals surface area contributed by atoms with E-state index in [-0.39, 0.29) is 17.5 Å². The summed E-state index contributed by atoms with van der Waals surface area (Å²) in [6.07, 6.45) is 0.733. The average Bonchev–Trinajstić information content (AvgIpc) is 3.28. The number of anilines is 2. The van der Waals surface area contributed by atoms with Crippen molar-refractivity contribution in [1.82, 2.24) is 24.8 Å². The Labute approximate surface area is 191 Å². The molecule has 0 atom stereocenters. The number of nitrogens with zero attached hydrogens (tertiary/aromatic N) is 4. The molecular weight excluding hydrogens is 446 g/mol. The zero-order chi connectivity index (χ0) is 24.2. The molecule has 0 aliphatic rings. The number of halogens is 2. The normalized spacial score (nSPS) is 10.8. The first-order valence-corrected chi connectivity index (χ1v) is 9.88. The van der Waals surface area contributed by atoms with Gasteiger partial charge < -0.3 is 15.4 Å². The van der Waals surface area contributed by atoms with Crippen molar-refractivity contribution in [1.29, 1.82) is 10.8 Å². The molecule has 0 unspecified atom stereocenters. The Kier molecular flexibility index (Phi) is 6.21. The van der Waals surface area contributed by atoms with Gasteiger partial charge in [-0.2, -0.15) is 8.78 Å². The summed E-state index contributed by atoms with van der Waals surface area (Å²) in [5.41, 5.74) is 3.44. The molecule has 0 spiro atoms. The fourth-order valence-electron chi connectivity index (χ4n) is 3.16. The van der Waals surface area contributed by atoms with E-state index in [1.54, 1.807) is 6.07 Å². The second kappa shape index (κ2) is 9.40. The van der Waals surface area contributed by atoms with Crippen molar-refractivity contribution >= 4 is 40.5 Å². The van der Waals surface area contributed by atoms with Gasteiger partial charge in [0.05, 0.1) is 16.6 Å². The van der Waals surface area contributed by atoms with Crippen LogP contribution in [0.4, 0.5) is 25.2 Å². The van der Waals surface area contributed by atoms with Crippen molar-refractivity contribution in [2.45, 2.75) is 6.43 Å². The number of benzene rings is 2. The number of hydrogen-bond donors (Lipinski definition) is 4. The van der Waals surface area contributed by atoms with Crippen LogP contribution in [-0.2, 0) is 4.74 Å². The monoisotopic (exact) mass is 464 g/mol. The minimum atomic E-state index is -3.13. The topological polar surface area (TPSA) is 142 Å². The van der Waals surface area contributed by atoms with Crippen LogP contribution in [0.25, 0.3) is 22.2 Å². The highest BCUT2D eigenvalue weighted by atomic mass is 19.3. The second-order valence-electron chi connectivity index (χ2n) is 6.94. The molecule has 2 aromatic heterocycles. The van der Waals surface area contributed by atoms with E-state index in [1.165, 1.54) is 30.3 Å². The van der Waals surface area contributed by atoms with Gasteiger partial charge in [-0.3, -0.25) is 15.4 Å². The zero-order valence-electron chi connectivity index (χ0n) is 17.7. The number of amides is 1. The number of hydrogen-bond acceptors (Lipinski definition) is 8. The number of aromatic nitrogens is 4. The van der Waals surface area contributed by atoms with Crippen LogP contribution in [-0.4, -0.2) is 50.8 Å². The number of fused-ring (bicyclic) bond motifs is 1. The maximum Gasteiger partial charge on any atom is 0.327 e.